The topological polar surface area (TPSA) is 59.8 Å². The number of amides is 1. The van der Waals surface area contributed by atoms with Gasteiger partial charge in [-0.3, -0.25) is 9.36 Å². The normalized spacial score (nSPS) is 11.5. The maximum atomic E-state index is 12.8. The van der Waals surface area contributed by atoms with Crippen molar-refractivity contribution in [3.63, 3.8) is 0 Å². The van der Waals surface area contributed by atoms with Gasteiger partial charge in [-0.1, -0.05) is 59.3 Å². The highest BCUT2D eigenvalue weighted by Crippen LogP contribution is 2.29. The van der Waals surface area contributed by atoms with Gasteiger partial charge >= 0.3 is 6.18 Å². The number of alkyl halides is 3. The highest BCUT2D eigenvalue weighted by molar-refractivity contribution is 7.98. The number of rotatable bonds is 7. The number of carbonyl (C=O) groups excluding carboxylic acids is 1. The second-order valence-corrected chi connectivity index (χ2v) is 9.05. The Morgan fingerprint density at radius 1 is 0.943 bits per heavy atom. The first kappa shape index (κ1) is 24.5. The van der Waals surface area contributed by atoms with Gasteiger partial charge in [0.2, 0.25) is 0 Å². The van der Waals surface area contributed by atoms with Gasteiger partial charge in [0, 0.05) is 17.0 Å². The summed E-state index contributed by atoms with van der Waals surface area (Å²) < 4.78 is 40.3. The molecule has 1 aromatic heterocycles. The molecule has 0 saturated heterocycles. The number of aromatic nitrogens is 3. The molecule has 0 fully saturated rings. The zero-order valence-electron chi connectivity index (χ0n) is 19.1. The summed E-state index contributed by atoms with van der Waals surface area (Å²) in [6, 6.07) is 20.2. The minimum Gasteiger partial charge on any atom is -0.345 e. The van der Waals surface area contributed by atoms with Crippen LogP contribution in [-0.4, -0.2) is 20.7 Å². The first-order chi connectivity index (χ1) is 16.7. The molecule has 3 aromatic carbocycles. The first-order valence-corrected chi connectivity index (χ1v) is 11.8. The van der Waals surface area contributed by atoms with Crippen molar-refractivity contribution < 1.29 is 18.0 Å². The van der Waals surface area contributed by atoms with Crippen LogP contribution in [0.2, 0.25) is 0 Å². The van der Waals surface area contributed by atoms with Gasteiger partial charge in [0.25, 0.3) is 5.91 Å². The zero-order valence-corrected chi connectivity index (χ0v) is 20.0. The van der Waals surface area contributed by atoms with E-state index in [0.717, 1.165) is 41.1 Å². The van der Waals surface area contributed by atoms with Crippen molar-refractivity contribution in [2.75, 3.05) is 0 Å². The van der Waals surface area contributed by atoms with Crippen LogP contribution in [-0.2, 0) is 18.5 Å². The molecule has 35 heavy (non-hydrogen) atoms. The molecule has 0 aliphatic rings. The molecular weight excluding hydrogens is 473 g/mol. The van der Waals surface area contributed by atoms with Crippen molar-refractivity contribution in [2.24, 2.45) is 0 Å². The number of nitrogens with zero attached hydrogens (tertiary/aromatic N) is 3. The van der Waals surface area contributed by atoms with E-state index in [1.54, 1.807) is 0 Å². The summed E-state index contributed by atoms with van der Waals surface area (Å²) in [5, 5.41) is 12.0. The molecule has 0 spiro atoms. The maximum Gasteiger partial charge on any atom is 0.416 e. The molecule has 4 aromatic rings. The molecular formula is C26H23F3N4OS. The third-order valence-electron chi connectivity index (χ3n) is 5.32. The second kappa shape index (κ2) is 10.4. The molecule has 0 aliphatic heterocycles. The van der Waals surface area contributed by atoms with E-state index in [9.17, 15) is 18.0 Å². The van der Waals surface area contributed by atoms with Gasteiger partial charge in [-0.05, 0) is 55.8 Å². The molecule has 1 heterocycles. The van der Waals surface area contributed by atoms with Crippen LogP contribution < -0.4 is 5.32 Å². The van der Waals surface area contributed by atoms with Gasteiger partial charge in [0.05, 0.1) is 12.1 Å². The third kappa shape index (κ3) is 6.10. The van der Waals surface area contributed by atoms with Crippen LogP contribution in [0.15, 0.2) is 78.0 Å². The number of hydrogen-bond acceptors (Lipinski definition) is 4. The molecule has 5 nitrogen and oxygen atoms in total. The molecule has 0 atom stereocenters. The Morgan fingerprint density at radius 2 is 1.66 bits per heavy atom. The van der Waals surface area contributed by atoms with Crippen molar-refractivity contribution >= 4 is 17.7 Å². The molecule has 0 bridgehead atoms. The number of aryl methyl sites for hydroxylation is 2. The number of carbonyl (C=O) groups is 1. The average Bonchev–Trinajstić information content (AvgIpc) is 3.24. The number of nitrogens with one attached hydrogen (secondary N) is 1. The summed E-state index contributed by atoms with van der Waals surface area (Å²) in [6.07, 6.45) is -4.45. The quantitative estimate of drug-likeness (QED) is 0.313. The minimum absolute atomic E-state index is 0.0612. The lowest BCUT2D eigenvalue weighted by atomic mass is 10.1. The Kier molecular flexibility index (Phi) is 7.25. The van der Waals surface area contributed by atoms with Gasteiger partial charge in [-0.25, -0.2) is 0 Å². The number of thioether (sulfide) groups is 1. The van der Waals surface area contributed by atoms with Crippen LogP contribution in [0.1, 0.15) is 38.4 Å². The van der Waals surface area contributed by atoms with E-state index < -0.39 is 17.6 Å². The molecule has 180 valence electrons. The summed E-state index contributed by atoms with van der Waals surface area (Å²) in [5.74, 6) is 0.718. The van der Waals surface area contributed by atoms with Crippen molar-refractivity contribution in [1.29, 1.82) is 0 Å². The van der Waals surface area contributed by atoms with Crippen LogP contribution in [0.5, 0.6) is 0 Å². The SMILES string of the molecule is Cc1ccc(-n2c(CNC(=O)c3ccc(C(F)(F)F)cc3)nnc2SCc2cccc(C)c2)cc1. The first-order valence-electron chi connectivity index (χ1n) is 10.9. The molecule has 0 unspecified atom stereocenters. The van der Waals surface area contributed by atoms with E-state index >= 15 is 0 Å². The molecule has 9 heteroatoms. The molecule has 0 saturated carbocycles. The Morgan fingerprint density at radius 3 is 2.31 bits per heavy atom. The number of halogens is 3. The fourth-order valence-electron chi connectivity index (χ4n) is 3.48. The van der Waals surface area contributed by atoms with E-state index in [-0.39, 0.29) is 12.1 Å². The lowest BCUT2D eigenvalue weighted by molar-refractivity contribution is -0.137. The van der Waals surface area contributed by atoms with Crippen LogP contribution in [0.25, 0.3) is 5.69 Å². The maximum absolute atomic E-state index is 12.8. The fourth-order valence-corrected chi connectivity index (χ4v) is 4.40. The lowest BCUT2D eigenvalue weighted by Crippen LogP contribution is -2.24. The van der Waals surface area contributed by atoms with Crippen molar-refractivity contribution in [3.8, 4) is 5.69 Å². The Hall–Kier alpha value is -3.59. The molecule has 0 radical (unpaired) electrons. The van der Waals surface area contributed by atoms with Gasteiger partial charge in [-0.15, -0.1) is 10.2 Å². The number of hydrogen-bond donors (Lipinski definition) is 1. The van der Waals surface area contributed by atoms with E-state index in [4.69, 9.17) is 0 Å². The summed E-state index contributed by atoms with van der Waals surface area (Å²) in [7, 11) is 0. The highest BCUT2D eigenvalue weighted by Gasteiger charge is 2.30. The molecule has 1 N–H and O–H groups in total. The largest absolute Gasteiger partial charge is 0.416 e. The van der Waals surface area contributed by atoms with E-state index in [2.05, 4.69) is 27.6 Å². The van der Waals surface area contributed by atoms with Gasteiger partial charge in [-0.2, -0.15) is 13.2 Å². The molecule has 1 amide bonds. The summed E-state index contributed by atoms with van der Waals surface area (Å²) in [4.78, 5) is 12.6. The number of benzene rings is 3. The Bertz CT molecular complexity index is 1320. The van der Waals surface area contributed by atoms with E-state index in [1.807, 2.05) is 54.8 Å². The Balaban J connectivity index is 1.53. The van der Waals surface area contributed by atoms with Gasteiger partial charge in [0.1, 0.15) is 0 Å². The summed E-state index contributed by atoms with van der Waals surface area (Å²) in [6.45, 7) is 4.10. The third-order valence-corrected chi connectivity index (χ3v) is 6.32. The van der Waals surface area contributed by atoms with E-state index in [1.165, 1.54) is 17.3 Å². The van der Waals surface area contributed by atoms with Crippen LogP contribution in [0.3, 0.4) is 0 Å². The van der Waals surface area contributed by atoms with Crippen LogP contribution in [0.4, 0.5) is 13.2 Å². The predicted molar refractivity (Wildman–Crippen MR) is 129 cm³/mol. The van der Waals surface area contributed by atoms with Gasteiger partial charge in [0.15, 0.2) is 11.0 Å². The van der Waals surface area contributed by atoms with Gasteiger partial charge < -0.3 is 5.32 Å². The monoisotopic (exact) mass is 496 g/mol. The Labute approximate surface area is 205 Å². The minimum atomic E-state index is -4.45. The van der Waals surface area contributed by atoms with Crippen LogP contribution in [0, 0.1) is 13.8 Å². The van der Waals surface area contributed by atoms with E-state index in [0.29, 0.717) is 16.7 Å². The van der Waals surface area contributed by atoms with Crippen LogP contribution >= 0.6 is 11.8 Å². The van der Waals surface area contributed by atoms with Crippen molar-refractivity contribution in [1.82, 2.24) is 20.1 Å². The average molecular weight is 497 g/mol. The smallest absolute Gasteiger partial charge is 0.345 e. The lowest BCUT2D eigenvalue weighted by Gasteiger charge is -2.12. The summed E-state index contributed by atoms with van der Waals surface area (Å²) in [5.41, 5.74) is 3.62. The molecule has 4 rings (SSSR count). The van der Waals surface area contributed by atoms with Crippen molar-refractivity contribution in [3.05, 3.63) is 106 Å². The standard InChI is InChI=1S/C26H23F3N4OS/c1-17-6-12-22(13-7-17)33-23(31-32-25(33)35-16-19-5-3-4-18(2)14-19)15-30-24(34)20-8-10-21(11-9-20)26(27,28)29/h3-14H,15-16H2,1-2H3,(H,30,34). The summed E-state index contributed by atoms with van der Waals surface area (Å²) >= 11 is 1.53. The highest BCUT2D eigenvalue weighted by atomic mass is 32.2. The molecule has 0 aliphatic carbocycles. The predicted octanol–water partition coefficient (Wildman–Crippen LogP) is 6.13. The second-order valence-electron chi connectivity index (χ2n) is 8.11. The van der Waals surface area contributed by atoms with Crippen molar-refractivity contribution in [2.45, 2.75) is 37.5 Å². The fraction of sp³-hybridized carbons (Fsp3) is 0.192. The zero-order chi connectivity index (χ0) is 25.0.